The van der Waals surface area contributed by atoms with E-state index >= 15 is 0 Å². The maximum absolute atomic E-state index is 11.3. The van der Waals surface area contributed by atoms with Gasteiger partial charge in [-0.15, -0.1) is 0 Å². The van der Waals surface area contributed by atoms with E-state index in [2.05, 4.69) is 0 Å². The summed E-state index contributed by atoms with van der Waals surface area (Å²) in [5.41, 5.74) is 0. The van der Waals surface area contributed by atoms with E-state index in [9.17, 15) is 15.0 Å². The summed E-state index contributed by atoms with van der Waals surface area (Å²) in [6.07, 6.45) is 6.34. The van der Waals surface area contributed by atoms with E-state index in [0.717, 1.165) is 5.03 Å². The monoisotopic (exact) mass is 300 g/mol. The molecule has 0 spiro atoms. The third-order valence-corrected chi connectivity index (χ3v) is 4.17. The molecule has 4 nitrogen and oxygen atoms in total. The van der Waals surface area contributed by atoms with Gasteiger partial charge in [-0.2, -0.15) is 0 Å². The molecule has 2 fully saturated rings. The van der Waals surface area contributed by atoms with Gasteiger partial charge in [0.15, 0.2) is 0 Å². The molecule has 0 aromatic carbocycles. The summed E-state index contributed by atoms with van der Waals surface area (Å²) >= 11 is 5.72. The van der Waals surface area contributed by atoms with Crippen molar-refractivity contribution in [2.24, 2.45) is 11.8 Å². The molecule has 2 N–H and O–H groups in total. The zero-order valence-electron chi connectivity index (χ0n) is 11.5. The molecule has 1 saturated carbocycles. The van der Waals surface area contributed by atoms with Crippen molar-refractivity contribution in [3.63, 3.8) is 0 Å². The van der Waals surface area contributed by atoms with Gasteiger partial charge in [-0.05, 0) is 19.8 Å². The second-order valence-corrected chi connectivity index (χ2v) is 6.19. The van der Waals surface area contributed by atoms with Gasteiger partial charge in [0.1, 0.15) is 6.10 Å². The van der Waals surface area contributed by atoms with Crippen LogP contribution in [0.3, 0.4) is 0 Å². The van der Waals surface area contributed by atoms with Crippen molar-refractivity contribution >= 4 is 17.6 Å². The maximum Gasteiger partial charge on any atom is 0.306 e. The number of ether oxygens (including phenoxy) is 1. The van der Waals surface area contributed by atoms with Gasteiger partial charge >= 0.3 is 5.97 Å². The summed E-state index contributed by atoms with van der Waals surface area (Å²) in [7, 11) is 0. The smallest absolute Gasteiger partial charge is 0.306 e. The van der Waals surface area contributed by atoms with Crippen LogP contribution in [0.1, 0.15) is 32.6 Å². The largest absolute Gasteiger partial charge is 0.462 e. The molecule has 1 aliphatic carbocycles. The number of halogens is 1. The lowest BCUT2D eigenvalue weighted by Crippen LogP contribution is -2.18. The Morgan fingerprint density at radius 2 is 2.35 bits per heavy atom. The molecule has 0 radical (unpaired) electrons. The average Bonchev–Trinajstić information content (AvgIpc) is 2.81. The van der Waals surface area contributed by atoms with Gasteiger partial charge in [-0.3, -0.25) is 4.79 Å². The lowest BCUT2D eigenvalue weighted by atomic mass is 9.91. The SMILES string of the molecule is CC(Cl)=CCC[C@H](O)C=C[C@@H]1[C@H]2CC(=O)O[C@H]2C[C@H]1O. The molecule has 20 heavy (non-hydrogen) atoms. The van der Waals surface area contributed by atoms with E-state index < -0.39 is 12.2 Å². The number of rotatable bonds is 5. The summed E-state index contributed by atoms with van der Waals surface area (Å²) in [5.74, 6) is -0.245. The number of aliphatic hydroxyl groups is 2. The molecule has 0 unspecified atom stereocenters. The van der Waals surface area contributed by atoms with E-state index in [-0.39, 0.29) is 23.9 Å². The Balaban J connectivity index is 1.86. The zero-order valence-corrected chi connectivity index (χ0v) is 12.3. The third kappa shape index (κ3) is 3.84. The van der Waals surface area contributed by atoms with Crippen LogP contribution >= 0.6 is 11.6 Å². The van der Waals surface area contributed by atoms with E-state index in [4.69, 9.17) is 16.3 Å². The van der Waals surface area contributed by atoms with E-state index in [0.29, 0.717) is 25.7 Å². The molecule has 5 heteroatoms. The predicted molar refractivity (Wildman–Crippen MR) is 76.1 cm³/mol. The fourth-order valence-corrected chi connectivity index (χ4v) is 3.10. The van der Waals surface area contributed by atoms with Crippen molar-refractivity contribution in [2.75, 3.05) is 0 Å². The highest BCUT2D eigenvalue weighted by Crippen LogP contribution is 2.42. The number of hydrogen-bond donors (Lipinski definition) is 2. The van der Waals surface area contributed by atoms with Gasteiger partial charge in [0, 0.05) is 23.3 Å². The second-order valence-electron chi connectivity index (χ2n) is 5.60. The highest BCUT2D eigenvalue weighted by molar-refractivity contribution is 6.29. The van der Waals surface area contributed by atoms with Gasteiger partial charge < -0.3 is 14.9 Å². The minimum Gasteiger partial charge on any atom is -0.462 e. The van der Waals surface area contributed by atoms with Crippen LogP contribution in [0.5, 0.6) is 0 Å². The van der Waals surface area contributed by atoms with Crippen LogP contribution < -0.4 is 0 Å². The van der Waals surface area contributed by atoms with Crippen LogP contribution in [0.15, 0.2) is 23.3 Å². The number of allylic oxidation sites excluding steroid dienone is 2. The first kappa shape index (κ1) is 15.5. The molecular weight excluding hydrogens is 280 g/mol. The molecule has 2 rings (SSSR count). The molecule has 1 aliphatic heterocycles. The van der Waals surface area contributed by atoms with Crippen molar-refractivity contribution in [3.05, 3.63) is 23.3 Å². The van der Waals surface area contributed by atoms with Gasteiger partial charge in [-0.1, -0.05) is 29.8 Å². The molecule has 0 aromatic heterocycles. The van der Waals surface area contributed by atoms with Gasteiger partial charge in [0.05, 0.1) is 18.6 Å². The lowest BCUT2D eigenvalue weighted by Gasteiger charge is -2.15. The highest BCUT2D eigenvalue weighted by Gasteiger charge is 2.48. The number of esters is 1. The normalized spacial score (nSPS) is 35.4. The van der Waals surface area contributed by atoms with Crippen LogP contribution in [-0.2, 0) is 9.53 Å². The Bertz CT molecular complexity index is 414. The van der Waals surface area contributed by atoms with Crippen molar-refractivity contribution in [1.29, 1.82) is 0 Å². The topological polar surface area (TPSA) is 66.8 Å². The van der Waals surface area contributed by atoms with Crippen LogP contribution in [-0.4, -0.2) is 34.5 Å². The zero-order chi connectivity index (χ0) is 14.7. The standard InChI is InChI=1S/C15H21ClO4/c1-9(16)3-2-4-10(17)5-6-11-12-7-15(19)20-14(12)8-13(11)18/h3,5-6,10-14,17-18H,2,4,7-8H2,1H3/t10-,11+,12+,13+,14-/m0/s1. The van der Waals surface area contributed by atoms with Gasteiger partial charge in [-0.25, -0.2) is 0 Å². The van der Waals surface area contributed by atoms with E-state index in [1.165, 1.54) is 0 Å². The summed E-state index contributed by atoms with van der Waals surface area (Å²) in [6.45, 7) is 1.80. The van der Waals surface area contributed by atoms with Crippen molar-refractivity contribution in [2.45, 2.75) is 50.9 Å². The number of carbonyl (C=O) groups is 1. The Kier molecular flexibility index (Phi) is 5.24. The van der Waals surface area contributed by atoms with Crippen molar-refractivity contribution in [3.8, 4) is 0 Å². The fourth-order valence-electron chi connectivity index (χ4n) is 2.99. The number of aliphatic hydroxyl groups excluding tert-OH is 2. The molecule has 0 aromatic rings. The molecule has 1 heterocycles. The van der Waals surface area contributed by atoms with Gasteiger partial charge in [0.25, 0.3) is 0 Å². The van der Waals surface area contributed by atoms with Crippen molar-refractivity contribution < 1.29 is 19.7 Å². The Morgan fingerprint density at radius 1 is 1.60 bits per heavy atom. The Hall–Kier alpha value is -0.840. The molecule has 5 atom stereocenters. The van der Waals surface area contributed by atoms with Crippen LogP contribution in [0.25, 0.3) is 0 Å². The Morgan fingerprint density at radius 3 is 3.05 bits per heavy atom. The number of hydrogen-bond acceptors (Lipinski definition) is 4. The predicted octanol–water partition coefficient (Wildman–Crippen LogP) is 2.14. The molecule has 0 bridgehead atoms. The minimum absolute atomic E-state index is 0.0472. The fraction of sp³-hybridized carbons (Fsp3) is 0.667. The summed E-state index contributed by atoms with van der Waals surface area (Å²) < 4.78 is 5.17. The Labute approximate surface area is 124 Å². The highest BCUT2D eigenvalue weighted by atomic mass is 35.5. The second kappa shape index (κ2) is 6.74. The van der Waals surface area contributed by atoms with Crippen LogP contribution in [0, 0.1) is 11.8 Å². The van der Waals surface area contributed by atoms with Gasteiger partial charge in [0.2, 0.25) is 0 Å². The number of carbonyl (C=O) groups excluding carboxylic acids is 1. The molecule has 112 valence electrons. The minimum atomic E-state index is -0.563. The van der Waals surface area contributed by atoms with E-state index in [1.54, 1.807) is 13.0 Å². The first-order valence-corrected chi connectivity index (χ1v) is 7.41. The van der Waals surface area contributed by atoms with Crippen LogP contribution in [0.2, 0.25) is 0 Å². The molecule has 0 amide bonds. The molecule has 1 saturated heterocycles. The third-order valence-electron chi connectivity index (χ3n) is 4.02. The number of fused-ring (bicyclic) bond motifs is 1. The first-order valence-electron chi connectivity index (χ1n) is 7.03. The average molecular weight is 301 g/mol. The first-order chi connectivity index (χ1) is 9.47. The van der Waals surface area contributed by atoms with E-state index in [1.807, 2.05) is 12.2 Å². The van der Waals surface area contributed by atoms with Crippen LogP contribution in [0.4, 0.5) is 0 Å². The maximum atomic E-state index is 11.3. The molecule has 2 aliphatic rings. The summed E-state index contributed by atoms with van der Waals surface area (Å²) in [4.78, 5) is 11.3. The summed E-state index contributed by atoms with van der Waals surface area (Å²) in [6, 6.07) is 0. The van der Waals surface area contributed by atoms with Crippen molar-refractivity contribution in [1.82, 2.24) is 0 Å². The lowest BCUT2D eigenvalue weighted by molar-refractivity contribution is -0.141. The quantitative estimate of drug-likeness (QED) is 0.603. The summed E-state index contributed by atoms with van der Waals surface area (Å²) in [5, 5.41) is 20.6. The molecular formula is C15H21ClO4.